The van der Waals surface area contributed by atoms with E-state index >= 15 is 0 Å². The van der Waals surface area contributed by atoms with Crippen LogP contribution in [0.25, 0.3) is 0 Å². The molecule has 28 heavy (non-hydrogen) atoms. The maximum absolute atomic E-state index is 12.7. The molecule has 2 N–H and O–H groups in total. The van der Waals surface area contributed by atoms with Crippen molar-refractivity contribution >= 4 is 29.2 Å². The maximum Gasteiger partial charge on any atom is 0.234 e. The molecular weight excluding hydrogens is 388 g/mol. The van der Waals surface area contributed by atoms with E-state index in [-0.39, 0.29) is 17.7 Å². The lowest BCUT2D eigenvalue weighted by Gasteiger charge is -2.20. The highest BCUT2D eigenvalue weighted by molar-refractivity contribution is 7.99. The number of hydrogen-bond acceptors (Lipinski definition) is 5. The molecule has 0 saturated heterocycles. The van der Waals surface area contributed by atoms with Crippen molar-refractivity contribution < 1.29 is 9.90 Å². The Labute approximate surface area is 175 Å². The van der Waals surface area contributed by atoms with Gasteiger partial charge >= 0.3 is 0 Å². The minimum atomic E-state index is -0.639. The predicted molar refractivity (Wildman–Crippen MR) is 114 cm³/mol. The van der Waals surface area contributed by atoms with Crippen LogP contribution in [0.1, 0.15) is 80.2 Å². The first-order valence-electron chi connectivity index (χ1n) is 9.57. The monoisotopic (exact) mass is 414 g/mol. The molecule has 1 saturated carbocycles. The normalized spacial score (nSPS) is 14.9. The Morgan fingerprint density at radius 3 is 2.36 bits per heavy atom. The minimum Gasteiger partial charge on any atom is -0.385 e. The molecule has 0 radical (unpaired) electrons. The molecule has 3 rings (SSSR count). The van der Waals surface area contributed by atoms with Gasteiger partial charge in [0.15, 0.2) is 0 Å². The molecule has 0 atom stereocenters. The summed E-state index contributed by atoms with van der Waals surface area (Å²) in [4.78, 5) is 12.7. The highest BCUT2D eigenvalue weighted by Crippen LogP contribution is 2.47. The second-order valence-electron chi connectivity index (χ2n) is 8.04. The van der Waals surface area contributed by atoms with Gasteiger partial charge in [0.2, 0.25) is 5.91 Å². The molecule has 0 spiro atoms. The summed E-state index contributed by atoms with van der Waals surface area (Å²) in [7, 11) is 0. The fourth-order valence-corrected chi connectivity index (χ4v) is 5.00. The molecule has 1 aliphatic rings. The van der Waals surface area contributed by atoms with Crippen LogP contribution in [0.3, 0.4) is 0 Å². The molecule has 1 aromatic heterocycles. The van der Waals surface area contributed by atoms with Crippen molar-refractivity contribution in [2.75, 3.05) is 0 Å². The molecule has 1 fully saturated rings. The van der Waals surface area contributed by atoms with Crippen LogP contribution in [0.4, 0.5) is 0 Å². The number of benzene rings is 1. The van der Waals surface area contributed by atoms with Gasteiger partial charge in [0.25, 0.3) is 0 Å². The molecule has 0 aliphatic heterocycles. The average molecular weight is 415 g/mol. The van der Waals surface area contributed by atoms with Crippen molar-refractivity contribution in [2.24, 2.45) is 0 Å². The van der Waals surface area contributed by atoms with Gasteiger partial charge in [-0.1, -0.05) is 27.7 Å². The lowest BCUT2D eigenvalue weighted by Crippen LogP contribution is -2.20. The molecule has 1 amide bonds. The average Bonchev–Trinajstić information content (AvgIpc) is 3.21. The van der Waals surface area contributed by atoms with Gasteiger partial charge < -0.3 is 5.11 Å². The number of rotatable bonds is 7. The van der Waals surface area contributed by atoms with E-state index in [0.29, 0.717) is 12.0 Å². The van der Waals surface area contributed by atoms with E-state index in [0.717, 1.165) is 39.3 Å². The summed E-state index contributed by atoms with van der Waals surface area (Å²) in [6, 6.07) is 8.02. The number of carbonyl (C=O) groups excluding carboxylic acids is 1. The highest BCUT2D eigenvalue weighted by atomic mass is 32.2. The lowest BCUT2D eigenvalue weighted by molar-refractivity contribution is -0.118. The van der Waals surface area contributed by atoms with Crippen molar-refractivity contribution in [3.8, 4) is 6.07 Å². The number of nitrogens with one attached hydrogen (secondary N) is 1. The summed E-state index contributed by atoms with van der Waals surface area (Å²) < 4.78 is 3.90. The number of aliphatic hydroxyl groups is 1. The number of nitriles is 1. The third-order valence-corrected chi connectivity index (χ3v) is 7.04. The molecule has 148 valence electrons. The quantitative estimate of drug-likeness (QED) is 0.610. The summed E-state index contributed by atoms with van der Waals surface area (Å²) in [5, 5.41) is 21.5. The van der Waals surface area contributed by atoms with Crippen LogP contribution >= 0.6 is 23.3 Å². The van der Waals surface area contributed by atoms with Crippen molar-refractivity contribution in [1.29, 1.82) is 5.26 Å². The van der Waals surface area contributed by atoms with Gasteiger partial charge in [-0.3, -0.25) is 9.52 Å². The molecule has 0 unspecified atom stereocenters. The van der Waals surface area contributed by atoms with E-state index in [1.807, 2.05) is 23.6 Å². The van der Waals surface area contributed by atoms with Gasteiger partial charge in [0, 0.05) is 0 Å². The zero-order valence-electron chi connectivity index (χ0n) is 16.7. The van der Waals surface area contributed by atoms with Gasteiger partial charge in [0.05, 0.1) is 27.9 Å². The van der Waals surface area contributed by atoms with E-state index in [1.54, 1.807) is 0 Å². The van der Waals surface area contributed by atoms with Crippen molar-refractivity contribution in [2.45, 2.75) is 68.6 Å². The number of carbonyl (C=O) groups is 1. The van der Waals surface area contributed by atoms with Crippen LogP contribution in [0.5, 0.6) is 0 Å². The second kappa shape index (κ2) is 8.28. The number of thiophene rings is 1. The Balaban J connectivity index is 1.74. The van der Waals surface area contributed by atoms with Gasteiger partial charge in [-0.25, -0.2) is 0 Å². The summed E-state index contributed by atoms with van der Waals surface area (Å²) in [5.41, 5.74) is 4.12. The maximum atomic E-state index is 12.7. The Morgan fingerprint density at radius 1 is 1.25 bits per heavy atom. The summed E-state index contributed by atoms with van der Waals surface area (Å²) in [6.45, 7) is 8.36. The topological polar surface area (TPSA) is 73.1 Å². The number of amides is 1. The molecular formula is C22H26N2O2S2. The van der Waals surface area contributed by atoms with Gasteiger partial charge in [-0.15, -0.1) is 11.3 Å². The smallest absolute Gasteiger partial charge is 0.234 e. The Hall–Kier alpha value is -1.81. The Morgan fingerprint density at radius 2 is 1.86 bits per heavy atom. The molecule has 0 bridgehead atoms. The first-order valence-corrected chi connectivity index (χ1v) is 11.3. The van der Waals surface area contributed by atoms with Crippen LogP contribution in [-0.4, -0.2) is 11.0 Å². The third-order valence-electron chi connectivity index (χ3n) is 5.13. The van der Waals surface area contributed by atoms with E-state index < -0.39 is 5.60 Å². The summed E-state index contributed by atoms with van der Waals surface area (Å²) in [6.07, 6.45) is 1.92. The Kier molecular flexibility index (Phi) is 6.18. The van der Waals surface area contributed by atoms with Gasteiger partial charge in [-0.05, 0) is 82.5 Å². The van der Waals surface area contributed by atoms with Gasteiger partial charge in [-0.2, -0.15) is 5.26 Å². The molecule has 6 heteroatoms. The highest BCUT2D eigenvalue weighted by Gasteiger charge is 2.42. The van der Waals surface area contributed by atoms with E-state index in [2.05, 4.69) is 38.5 Å². The van der Waals surface area contributed by atoms with E-state index in [4.69, 9.17) is 0 Å². The standard InChI is InChI=1S/C22H26N2O2S2/c1-13(2)17-7-15(11-23)8-18(14(3)4)19(17)10-20(25)24-28-21-9-16(12-27-21)22(26)5-6-22/h7-9,12-14,26H,5-6,10H2,1-4H3,(H,24,25). The van der Waals surface area contributed by atoms with Crippen molar-refractivity contribution in [3.05, 3.63) is 51.4 Å². The zero-order chi connectivity index (χ0) is 20.5. The van der Waals surface area contributed by atoms with Crippen molar-refractivity contribution in [3.63, 3.8) is 0 Å². The van der Waals surface area contributed by atoms with Crippen LogP contribution in [0.15, 0.2) is 27.8 Å². The molecule has 4 nitrogen and oxygen atoms in total. The second-order valence-corrected chi connectivity index (χ2v) is 10.1. The van der Waals surface area contributed by atoms with E-state index in [9.17, 15) is 15.2 Å². The summed E-state index contributed by atoms with van der Waals surface area (Å²) in [5.74, 6) is 0.416. The van der Waals surface area contributed by atoms with Crippen LogP contribution in [0.2, 0.25) is 0 Å². The van der Waals surface area contributed by atoms with Crippen LogP contribution in [0, 0.1) is 11.3 Å². The molecule has 1 aliphatic carbocycles. The third kappa shape index (κ3) is 4.60. The SMILES string of the molecule is CC(C)c1cc(C#N)cc(C(C)C)c1CC(=O)NSc1cc(C2(O)CC2)cs1. The first kappa shape index (κ1) is 20.9. The van der Waals surface area contributed by atoms with Crippen LogP contribution < -0.4 is 4.72 Å². The largest absolute Gasteiger partial charge is 0.385 e. The minimum absolute atomic E-state index is 0.0569. The zero-order valence-corrected chi connectivity index (χ0v) is 18.3. The fraction of sp³-hybridized carbons (Fsp3) is 0.455. The van der Waals surface area contributed by atoms with E-state index in [1.165, 1.54) is 23.3 Å². The molecule has 1 aromatic carbocycles. The van der Waals surface area contributed by atoms with Crippen LogP contribution in [-0.2, 0) is 16.8 Å². The predicted octanol–water partition coefficient (Wildman–Crippen LogP) is 5.21. The lowest BCUT2D eigenvalue weighted by atomic mass is 9.85. The van der Waals surface area contributed by atoms with Crippen molar-refractivity contribution in [1.82, 2.24) is 4.72 Å². The fourth-order valence-electron chi connectivity index (χ4n) is 3.34. The number of nitrogens with zero attached hydrogens (tertiary/aromatic N) is 1. The summed E-state index contributed by atoms with van der Waals surface area (Å²) >= 11 is 2.84. The molecule has 2 aromatic rings. The first-order chi connectivity index (χ1) is 13.2. The number of hydrogen-bond donors (Lipinski definition) is 2. The Bertz CT molecular complexity index is 892. The van der Waals surface area contributed by atoms with Gasteiger partial charge in [0.1, 0.15) is 0 Å². The molecule has 1 heterocycles.